The first-order valence-electron chi connectivity index (χ1n) is 7.39. The molecule has 4 heteroatoms. The maximum Gasteiger partial charge on any atom is 0.214 e. The van der Waals surface area contributed by atoms with E-state index in [-0.39, 0.29) is 18.7 Å². The van der Waals surface area contributed by atoms with Crippen molar-refractivity contribution in [3.05, 3.63) is 35.9 Å². The highest BCUT2D eigenvalue weighted by molar-refractivity contribution is 6.02. The Morgan fingerprint density at radius 2 is 2.00 bits per heavy atom. The van der Waals surface area contributed by atoms with Gasteiger partial charge in [0, 0.05) is 18.7 Å². The van der Waals surface area contributed by atoms with E-state index in [1.807, 2.05) is 37.3 Å². The lowest BCUT2D eigenvalue weighted by molar-refractivity contribution is -0.0893. The Morgan fingerprint density at radius 1 is 1.30 bits per heavy atom. The summed E-state index contributed by atoms with van der Waals surface area (Å²) in [5.74, 6) is 0.0318. The van der Waals surface area contributed by atoms with Gasteiger partial charge in [0.1, 0.15) is 12.9 Å². The first-order chi connectivity index (χ1) is 9.79. The third kappa shape index (κ3) is 2.08. The molecular weight excluding hydrogens is 254 g/mol. The topological polar surface area (TPSA) is 38.8 Å². The van der Waals surface area contributed by atoms with Crippen LogP contribution < -0.4 is 0 Å². The Morgan fingerprint density at radius 3 is 2.65 bits per heavy atom. The Bertz CT molecular complexity index is 470. The van der Waals surface area contributed by atoms with Crippen LogP contribution in [0, 0.1) is 0 Å². The Balaban J connectivity index is 1.99. The zero-order chi connectivity index (χ0) is 14.0. The van der Waals surface area contributed by atoms with Crippen molar-refractivity contribution in [1.29, 1.82) is 0 Å². The number of benzene rings is 1. The number of ether oxygens (including phenoxy) is 2. The molecule has 2 unspecified atom stereocenters. The first kappa shape index (κ1) is 13.7. The molecule has 0 spiro atoms. The average molecular weight is 275 g/mol. The number of rotatable bonds is 4. The van der Waals surface area contributed by atoms with Crippen LogP contribution in [0.2, 0.25) is 0 Å². The molecule has 2 fully saturated rings. The second kappa shape index (κ2) is 5.64. The van der Waals surface area contributed by atoms with E-state index in [9.17, 15) is 4.79 Å². The molecule has 2 atom stereocenters. The Kier molecular flexibility index (Phi) is 3.87. The molecule has 20 heavy (non-hydrogen) atoms. The van der Waals surface area contributed by atoms with Gasteiger partial charge in [0.25, 0.3) is 0 Å². The van der Waals surface area contributed by atoms with Crippen molar-refractivity contribution in [3.8, 4) is 0 Å². The van der Waals surface area contributed by atoms with Gasteiger partial charge in [-0.3, -0.25) is 9.69 Å². The van der Waals surface area contributed by atoms with Crippen molar-refractivity contribution in [1.82, 2.24) is 4.90 Å². The molecule has 0 aromatic heterocycles. The molecular formula is C16H21NO3. The fraction of sp³-hybridized carbons (Fsp3) is 0.562. The van der Waals surface area contributed by atoms with E-state index in [0.29, 0.717) is 5.56 Å². The lowest BCUT2D eigenvalue weighted by atomic mass is 9.92. The molecule has 0 saturated carbocycles. The van der Waals surface area contributed by atoms with Gasteiger partial charge < -0.3 is 9.47 Å². The van der Waals surface area contributed by atoms with Crippen LogP contribution in [0.3, 0.4) is 0 Å². The SMILES string of the molecule is CCC1OCOC1(C(=O)c1ccccc1)N1CCCC1. The zero-order valence-corrected chi connectivity index (χ0v) is 11.9. The maximum absolute atomic E-state index is 13.1. The highest BCUT2D eigenvalue weighted by atomic mass is 16.7. The smallest absolute Gasteiger partial charge is 0.214 e. The van der Waals surface area contributed by atoms with Gasteiger partial charge in [-0.1, -0.05) is 37.3 Å². The third-order valence-corrected chi connectivity index (χ3v) is 4.29. The van der Waals surface area contributed by atoms with Crippen molar-refractivity contribution < 1.29 is 14.3 Å². The van der Waals surface area contributed by atoms with E-state index in [4.69, 9.17) is 9.47 Å². The van der Waals surface area contributed by atoms with Crippen LogP contribution >= 0.6 is 0 Å². The van der Waals surface area contributed by atoms with E-state index in [0.717, 1.165) is 32.4 Å². The molecule has 1 aromatic rings. The Labute approximate surface area is 119 Å². The fourth-order valence-corrected chi connectivity index (χ4v) is 3.30. The van der Waals surface area contributed by atoms with Crippen molar-refractivity contribution in [2.45, 2.75) is 38.0 Å². The highest BCUT2D eigenvalue weighted by Crippen LogP contribution is 2.37. The quantitative estimate of drug-likeness (QED) is 0.791. The number of ketones is 1. The van der Waals surface area contributed by atoms with Gasteiger partial charge in [-0.05, 0) is 19.3 Å². The molecule has 0 radical (unpaired) electrons. The lowest BCUT2D eigenvalue weighted by Crippen LogP contribution is -2.59. The molecule has 2 heterocycles. The number of carbonyl (C=O) groups excluding carboxylic acids is 1. The summed E-state index contributed by atoms with van der Waals surface area (Å²) in [6.45, 7) is 4.05. The number of hydrogen-bond donors (Lipinski definition) is 0. The number of likely N-dealkylation sites (tertiary alicyclic amines) is 1. The molecule has 2 aliphatic heterocycles. The second-order valence-electron chi connectivity index (χ2n) is 5.41. The van der Waals surface area contributed by atoms with Crippen LogP contribution in [0.25, 0.3) is 0 Å². The maximum atomic E-state index is 13.1. The van der Waals surface area contributed by atoms with Crippen molar-refractivity contribution in [3.63, 3.8) is 0 Å². The predicted octanol–water partition coefficient (Wildman–Crippen LogP) is 2.44. The molecule has 1 aromatic carbocycles. The van der Waals surface area contributed by atoms with E-state index in [1.165, 1.54) is 0 Å². The number of hydrogen-bond acceptors (Lipinski definition) is 4. The minimum atomic E-state index is -0.924. The molecule has 108 valence electrons. The van der Waals surface area contributed by atoms with Crippen LogP contribution in [0.15, 0.2) is 30.3 Å². The molecule has 4 nitrogen and oxygen atoms in total. The van der Waals surface area contributed by atoms with Gasteiger partial charge in [0.15, 0.2) is 0 Å². The zero-order valence-electron chi connectivity index (χ0n) is 11.9. The van der Waals surface area contributed by atoms with Gasteiger partial charge in [-0.2, -0.15) is 0 Å². The molecule has 2 aliphatic rings. The summed E-state index contributed by atoms with van der Waals surface area (Å²) in [5.41, 5.74) is -0.226. The normalized spacial score (nSPS) is 30.8. The van der Waals surface area contributed by atoms with E-state index < -0.39 is 5.72 Å². The van der Waals surface area contributed by atoms with Crippen molar-refractivity contribution in [2.24, 2.45) is 0 Å². The molecule has 2 saturated heterocycles. The summed E-state index contributed by atoms with van der Waals surface area (Å²) < 4.78 is 11.6. The number of nitrogens with zero attached hydrogens (tertiary/aromatic N) is 1. The van der Waals surface area contributed by atoms with E-state index in [2.05, 4.69) is 4.90 Å². The number of Topliss-reactive ketones (excluding diaryl/α,β-unsaturated/α-hetero) is 1. The van der Waals surface area contributed by atoms with Gasteiger partial charge in [-0.25, -0.2) is 0 Å². The molecule has 3 rings (SSSR count). The van der Waals surface area contributed by atoms with Gasteiger partial charge >= 0.3 is 0 Å². The van der Waals surface area contributed by atoms with Crippen LogP contribution in [0.5, 0.6) is 0 Å². The largest absolute Gasteiger partial charge is 0.347 e. The highest BCUT2D eigenvalue weighted by Gasteiger charge is 2.55. The number of carbonyl (C=O) groups is 1. The Hall–Kier alpha value is -1.23. The van der Waals surface area contributed by atoms with Crippen LogP contribution in [0.4, 0.5) is 0 Å². The third-order valence-electron chi connectivity index (χ3n) is 4.29. The molecule has 0 bridgehead atoms. The van der Waals surface area contributed by atoms with Gasteiger partial charge in [0.2, 0.25) is 11.5 Å². The van der Waals surface area contributed by atoms with E-state index >= 15 is 0 Å². The lowest BCUT2D eigenvalue weighted by Gasteiger charge is -2.38. The van der Waals surface area contributed by atoms with Gasteiger partial charge in [0.05, 0.1) is 0 Å². The van der Waals surface area contributed by atoms with E-state index in [1.54, 1.807) is 0 Å². The summed E-state index contributed by atoms with van der Waals surface area (Å²) in [6.07, 6.45) is 2.82. The molecule has 0 aliphatic carbocycles. The van der Waals surface area contributed by atoms with Crippen LogP contribution in [-0.4, -0.2) is 42.4 Å². The first-order valence-corrected chi connectivity index (χ1v) is 7.39. The van der Waals surface area contributed by atoms with Gasteiger partial charge in [-0.15, -0.1) is 0 Å². The second-order valence-corrected chi connectivity index (χ2v) is 5.41. The predicted molar refractivity (Wildman–Crippen MR) is 75.4 cm³/mol. The standard InChI is InChI=1S/C16H21NO3/c1-2-14-16(20-12-19-14,17-10-6-7-11-17)15(18)13-8-4-3-5-9-13/h3-5,8-9,14H,2,6-7,10-12H2,1H3. The summed E-state index contributed by atoms with van der Waals surface area (Å²) in [7, 11) is 0. The van der Waals surface area contributed by atoms with Crippen molar-refractivity contribution >= 4 is 5.78 Å². The monoisotopic (exact) mass is 275 g/mol. The van der Waals surface area contributed by atoms with Crippen LogP contribution in [-0.2, 0) is 9.47 Å². The van der Waals surface area contributed by atoms with Crippen molar-refractivity contribution in [2.75, 3.05) is 19.9 Å². The summed E-state index contributed by atoms with van der Waals surface area (Å²) in [6, 6.07) is 9.41. The fourth-order valence-electron chi connectivity index (χ4n) is 3.30. The molecule has 0 amide bonds. The summed E-state index contributed by atoms with van der Waals surface area (Å²) >= 11 is 0. The molecule has 0 N–H and O–H groups in total. The summed E-state index contributed by atoms with van der Waals surface area (Å²) in [5, 5.41) is 0. The summed E-state index contributed by atoms with van der Waals surface area (Å²) in [4.78, 5) is 15.2. The minimum absolute atomic E-state index is 0.0318. The average Bonchev–Trinajstić information content (AvgIpc) is 3.16. The minimum Gasteiger partial charge on any atom is -0.347 e. The van der Waals surface area contributed by atoms with Crippen LogP contribution in [0.1, 0.15) is 36.5 Å².